The minimum atomic E-state index is -0.257. The first kappa shape index (κ1) is 19.0. The van der Waals surface area contributed by atoms with Crippen molar-refractivity contribution in [2.75, 3.05) is 39.5 Å². The third kappa shape index (κ3) is 3.87. The lowest BCUT2D eigenvalue weighted by Crippen LogP contribution is -2.50. The van der Waals surface area contributed by atoms with Crippen LogP contribution < -0.4 is 9.47 Å². The number of carbonyl (C=O) groups is 2. The first-order valence-electron chi connectivity index (χ1n) is 10.4. The van der Waals surface area contributed by atoms with E-state index in [0.29, 0.717) is 26.2 Å². The van der Waals surface area contributed by atoms with Crippen molar-refractivity contribution in [3.05, 3.63) is 47.9 Å². The molecule has 4 heterocycles. The Balaban J connectivity index is 1.12. The lowest BCUT2D eigenvalue weighted by Gasteiger charge is -2.36. The molecule has 0 bridgehead atoms. The zero-order chi connectivity index (χ0) is 20.5. The molecule has 0 N–H and O–H groups in total. The van der Waals surface area contributed by atoms with Gasteiger partial charge in [0, 0.05) is 45.7 Å². The van der Waals surface area contributed by atoms with Crippen LogP contribution in [0.1, 0.15) is 17.7 Å². The summed E-state index contributed by atoms with van der Waals surface area (Å²) in [5, 5.41) is 0. The highest BCUT2D eigenvalue weighted by molar-refractivity contribution is 5.89. The molecule has 30 heavy (non-hydrogen) atoms. The van der Waals surface area contributed by atoms with Gasteiger partial charge in [-0.25, -0.2) is 0 Å². The molecule has 2 fully saturated rings. The van der Waals surface area contributed by atoms with Gasteiger partial charge in [-0.3, -0.25) is 14.5 Å². The monoisotopic (exact) mass is 411 g/mol. The Bertz CT molecular complexity index is 921. The first-order chi connectivity index (χ1) is 14.7. The van der Waals surface area contributed by atoms with Gasteiger partial charge in [0.25, 0.3) is 0 Å². The largest absolute Gasteiger partial charge is 0.467 e. The van der Waals surface area contributed by atoms with Gasteiger partial charge in [0.1, 0.15) is 5.76 Å². The van der Waals surface area contributed by atoms with Gasteiger partial charge in [0.15, 0.2) is 11.5 Å². The number of nitrogens with zero attached hydrogens (tertiary/aromatic N) is 3. The van der Waals surface area contributed by atoms with Gasteiger partial charge in [-0.2, -0.15) is 0 Å². The zero-order valence-electron chi connectivity index (χ0n) is 16.8. The maximum absolute atomic E-state index is 13.0. The van der Waals surface area contributed by atoms with Crippen molar-refractivity contribution in [1.82, 2.24) is 14.7 Å². The Kier molecular flexibility index (Phi) is 5.08. The molecule has 1 aromatic carbocycles. The normalized spacial score (nSPS) is 21.5. The molecule has 0 spiro atoms. The fourth-order valence-corrected chi connectivity index (χ4v) is 4.36. The summed E-state index contributed by atoms with van der Waals surface area (Å²) in [6.45, 7) is 5.00. The number of hydrogen-bond acceptors (Lipinski definition) is 6. The number of carbonyl (C=O) groups excluding carboxylic acids is 2. The number of furan rings is 1. The van der Waals surface area contributed by atoms with Crippen LogP contribution in [-0.2, 0) is 22.7 Å². The van der Waals surface area contributed by atoms with E-state index in [1.165, 1.54) is 5.56 Å². The molecule has 3 aliphatic rings. The minimum Gasteiger partial charge on any atom is -0.467 e. The fourth-order valence-electron chi connectivity index (χ4n) is 4.36. The van der Waals surface area contributed by atoms with Gasteiger partial charge in [-0.05, 0) is 29.8 Å². The van der Waals surface area contributed by atoms with Gasteiger partial charge in [0.2, 0.25) is 18.6 Å². The summed E-state index contributed by atoms with van der Waals surface area (Å²) in [6, 6.07) is 9.69. The van der Waals surface area contributed by atoms with Crippen molar-refractivity contribution >= 4 is 11.8 Å². The summed E-state index contributed by atoms with van der Waals surface area (Å²) >= 11 is 0. The third-order valence-electron chi connectivity index (χ3n) is 6.02. The molecule has 1 atom stereocenters. The van der Waals surface area contributed by atoms with E-state index in [9.17, 15) is 9.59 Å². The highest BCUT2D eigenvalue weighted by Crippen LogP contribution is 2.33. The number of fused-ring (bicyclic) bond motifs is 1. The second kappa shape index (κ2) is 8.02. The third-order valence-corrected chi connectivity index (χ3v) is 6.02. The standard InChI is InChI=1S/C22H25N3O5/c26-21-11-17(13-25(21)14-18-2-1-9-28-18)22(27)24-7-5-23(6-8-24)12-16-3-4-19-20(10-16)30-15-29-19/h1-4,9-10,17H,5-8,11-15H2/t17-/m0/s1. The van der Waals surface area contributed by atoms with Crippen LogP contribution in [0.4, 0.5) is 0 Å². The summed E-state index contributed by atoms with van der Waals surface area (Å²) in [4.78, 5) is 31.2. The van der Waals surface area contributed by atoms with Gasteiger partial charge >= 0.3 is 0 Å². The first-order valence-corrected chi connectivity index (χ1v) is 10.4. The van der Waals surface area contributed by atoms with Crippen LogP contribution in [0.25, 0.3) is 0 Å². The molecule has 5 rings (SSSR count). The van der Waals surface area contributed by atoms with E-state index in [0.717, 1.165) is 36.9 Å². The van der Waals surface area contributed by atoms with E-state index in [-0.39, 0.29) is 30.9 Å². The highest BCUT2D eigenvalue weighted by Gasteiger charge is 2.37. The topological polar surface area (TPSA) is 75.5 Å². The van der Waals surface area contributed by atoms with E-state index in [4.69, 9.17) is 13.9 Å². The van der Waals surface area contributed by atoms with Gasteiger partial charge in [-0.1, -0.05) is 6.07 Å². The smallest absolute Gasteiger partial charge is 0.231 e. The summed E-state index contributed by atoms with van der Waals surface area (Å²) in [7, 11) is 0. The van der Waals surface area contributed by atoms with Gasteiger partial charge < -0.3 is 23.7 Å². The molecule has 0 radical (unpaired) electrons. The van der Waals surface area contributed by atoms with Crippen LogP contribution in [0.15, 0.2) is 41.0 Å². The van der Waals surface area contributed by atoms with E-state index >= 15 is 0 Å². The van der Waals surface area contributed by atoms with E-state index in [1.807, 2.05) is 29.2 Å². The van der Waals surface area contributed by atoms with Crippen LogP contribution >= 0.6 is 0 Å². The van der Waals surface area contributed by atoms with Crippen molar-refractivity contribution in [3.8, 4) is 11.5 Å². The molecule has 0 saturated carbocycles. The molecule has 1 aromatic heterocycles. The Labute approximate surface area is 174 Å². The van der Waals surface area contributed by atoms with Crippen LogP contribution in [0.5, 0.6) is 11.5 Å². The molecule has 0 unspecified atom stereocenters. The number of ether oxygens (including phenoxy) is 2. The van der Waals surface area contributed by atoms with Crippen LogP contribution in [0.2, 0.25) is 0 Å². The van der Waals surface area contributed by atoms with E-state index in [1.54, 1.807) is 11.2 Å². The Morgan fingerprint density at radius 2 is 1.87 bits per heavy atom. The predicted octanol–water partition coefficient (Wildman–Crippen LogP) is 1.70. The number of benzene rings is 1. The van der Waals surface area contributed by atoms with Gasteiger partial charge in [-0.15, -0.1) is 0 Å². The molecular weight excluding hydrogens is 386 g/mol. The Morgan fingerprint density at radius 3 is 2.67 bits per heavy atom. The van der Waals surface area contributed by atoms with Crippen molar-refractivity contribution in [3.63, 3.8) is 0 Å². The lowest BCUT2D eigenvalue weighted by atomic mass is 10.1. The number of piperazine rings is 1. The highest BCUT2D eigenvalue weighted by atomic mass is 16.7. The molecule has 2 saturated heterocycles. The van der Waals surface area contributed by atoms with E-state index < -0.39 is 0 Å². The number of amides is 2. The predicted molar refractivity (Wildman–Crippen MR) is 107 cm³/mol. The second-order valence-corrected chi connectivity index (χ2v) is 8.04. The molecule has 8 nitrogen and oxygen atoms in total. The Morgan fingerprint density at radius 1 is 1.03 bits per heavy atom. The summed E-state index contributed by atoms with van der Waals surface area (Å²) in [6.07, 6.45) is 1.89. The maximum Gasteiger partial charge on any atom is 0.231 e. The summed E-state index contributed by atoms with van der Waals surface area (Å²) in [5.74, 6) is 2.19. The second-order valence-electron chi connectivity index (χ2n) is 8.04. The van der Waals surface area contributed by atoms with Crippen molar-refractivity contribution < 1.29 is 23.5 Å². The molecule has 2 aromatic rings. The van der Waals surface area contributed by atoms with Crippen LogP contribution in [-0.4, -0.2) is 66.0 Å². The SMILES string of the molecule is O=C1C[C@H](C(=O)N2CCN(Cc3ccc4c(c3)OCO4)CC2)CN1Cc1ccco1. The van der Waals surface area contributed by atoms with Crippen molar-refractivity contribution in [2.24, 2.45) is 5.92 Å². The Hall–Kier alpha value is -3.00. The summed E-state index contributed by atoms with van der Waals surface area (Å²) < 4.78 is 16.1. The van der Waals surface area contributed by atoms with Gasteiger partial charge in [0.05, 0.1) is 18.7 Å². The molecule has 8 heteroatoms. The fraction of sp³-hybridized carbons (Fsp3) is 0.455. The molecule has 2 amide bonds. The lowest BCUT2D eigenvalue weighted by molar-refractivity contribution is -0.137. The molecule has 158 valence electrons. The minimum absolute atomic E-state index is 0.0196. The quantitative estimate of drug-likeness (QED) is 0.746. The number of likely N-dealkylation sites (tertiary alicyclic amines) is 1. The molecule has 0 aliphatic carbocycles. The van der Waals surface area contributed by atoms with Crippen LogP contribution in [0, 0.1) is 5.92 Å². The average Bonchev–Trinajstić information content (AvgIpc) is 3.50. The molecule has 3 aliphatic heterocycles. The zero-order valence-corrected chi connectivity index (χ0v) is 16.8. The number of rotatable bonds is 5. The van der Waals surface area contributed by atoms with Crippen molar-refractivity contribution in [2.45, 2.75) is 19.5 Å². The maximum atomic E-state index is 13.0. The van der Waals surface area contributed by atoms with Crippen LogP contribution in [0.3, 0.4) is 0 Å². The molecular formula is C22H25N3O5. The van der Waals surface area contributed by atoms with E-state index in [2.05, 4.69) is 11.0 Å². The summed E-state index contributed by atoms with van der Waals surface area (Å²) in [5.41, 5.74) is 1.17. The number of hydrogen-bond donors (Lipinski definition) is 0. The van der Waals surface area contributed by atoms with Crippen molar-refractivity contribution in [1.29, 1.82) is 0 Å². The average molecular weight is 411 g/mol.